The van der Waals surface area contributed by atoms with Crippen LogP contribution < -0.4 is 10.6 Å². The highest BCUT2D eigenvalue weighted by Gasteiger charge is 2.45. The fraction of sp³-hybridized carbons (Fsp3) is 0.294. The summed E-state index contributed by atoms with van der Waals surface area (Å²) in [5.41, 5.74) is 1.28. The van der Waals surface area contributed by atoms with E-state index in [-0.39, 0.29) is 23.7 Å². The van der Waals surface area contributed by atoms with Crippen molar-refractivity contribution in [2.75, 3.05) is 11.9 Å². The zero-order valence-electron chi connectivity index (χ0n) is 12.3. The fourth-order valence-electron chi connectivity index (χ4n) is 2.50. The molecule has 1 aliphatic rings. The Morgan fingerprint density at radius 3 is 2.64 bits per heavy atom. The smallest absolute Gasteiger partial charge is 0.251 e. The first kappa shape index (κ1) is 14.4. The topological polar surface area (TPSA) is 71.3 Å². The lowest BCUT2D eigenvalue weighted by atomic mass is 10.2. The van der Waals surface area contributed by atoms with Gasteiger partial charge in [-0.15, -0.1) is 0 Å². The molecule has 22 heavy (non-hydrogen) atoms. The number of amides is 2. The van der Waals surface area contributed by atoms with Crippen LogP contribution in [-0.2, 0) is 4.79 Å². The highest BCUT2D eigenvalue weighted by Crippen LogP contribution is 2.48. The van der Waals surface area contributed by atoms with Gasteiger partial charge in [-0.3, -0.25) is 9.59 Å². The Morgan fingerprint density at radius 1 is 1.23 bits per heavy atom. The van der Waals surface area contributed by atoms with Gasteiger partial charge >= 0.3 is 0 Å². The Hall–Kier alpha value is -2.56. The van der Waals surface area contributed by atoms with E-state index < -0.39 is 0 Å². The first-order valence-electron chi connectivity index (χ1n) is 7.41. The summed E-state index contributed by atoms with van der Waals surface area (Å²) in [6.45, 7) is 2.46. The monoisotopic (exact) mass is 298 g/mol. The van der Waals surface area contributed by atoms with Crippen LogP contribution in [-0.4, -0.2) is 18.4 Å². The van der Waals surface area contributed by atoms with Crippen molar-refractivity contribution in [2.45, 2.75) is 19.3 Å². The standard InChI is InChI=1S/C17H18N2O3/c1-2-18-16(20)11-5-7-12(8-6-11)19-17(21)14-10-13(14)15-4-3-9-22-15/h3-9,13-14H,2,10H2,1H3,(H,18,20)(H,19,21). The largest absolute Gasteiger partial charge is 0.469 e. The molecule has 2 amide bonds. The quantitative estimate of drug-likeness (QED) is 0.891. The van der Waals surface area contributed by atoms with E-state index in [1.165, 1.54) is 0 Å². The molecular formula is C17H18N2O3. The van der Waals surface area contributed by atoms with Crippen molar-refractivity contribution < 1.29 is 14.0 Å². The van der Waals surface area contributed by atoms with Crippen LogP contribution in [0.3, 0.4) is 0 Å². The molecule has 5 heteroatoms. The first-order chi connectivity index (χ1) is 10.7. The summed E-state index contributed by atoms with van der Waals surface area (Å²) in [5, 5.41) is 5.62. The SMILES string of the molecule is CCNC(=O)c1ccc(NC(=O)C2CC2c2ccco2)cc1. The van der Waals surface area contributed by atoms with Gasteiger partial charge in [-0.2, -0.15) is 0 Å². The van der Waals surface area contributed by atoms with Crippen LogP contribution in [0.5, 0.6) is 0 Å². The van der Waals surface area contributed by atoms with Gasteiger partial charge in [-0.1, -0.05) is 0 Å². The number of hydrogen-bond acceptors (Lipinski definition) is 3. The van der Waals surface area contributed by atoms with Crippen molar-refractivity contribution in [1.29, 1.82) is 0 Å². The highest BCUT2D eigenvalue weighted by atomic mass is 16.3. The van der Waals surface area contributed by atoms with E-state index in [0.717, 1.165) is 12.2 Å². The number of anilines is 1. The summed E-state index contributed by atoms with van der Waals surface area (Å²) in [7, 11) is 0. The van der Waals surface area contributed by atoms with E-state index in [0.29, 0.717) is 17.8 Å². The Morgan fingerprint density at radius 2 is 2.00 bits per heavy atom. The van der Waals surface area contributed by atoms with Crippen LogP contribution in [0.25, 0.3) is 0 Å². The van der Waals surface area contributed by atoms with Gasteiger partial charge in [0, 0.05) is 29.6 Å². The maximum absolute atomic E-state index is 12.2. The van der Waals surface area contributed by atoms with Crippen molar-refractivity contribution in [3.63, 3.8) is 0 Å². The molecule has 3 rings (SSSR count). The predicted molar refractivity (Wildman–Crippen MR) is 82.6 cm³/mol. The lowest BCUT2D eigenvalue weighted by Gasteiger charge is -2.06. The third-order valence-electron chi connectivity index (χ3n) is 3.79. The number of nitrogens with one attached hydrogen (secondary N) is 2. The lowest BCUT2D eigenvalue weighted by molar-refractivity contribution is -0.117. The van der Waals surface area contributed by atoms with Crippen molar-refractivity contribution in [2.24, 2.45) is 5.92 Å². The maximum atomic E-state index is 12.2. The molecule has 2 atom stereocenters. The van der Waals surface area contributed by atoms with Gasteiger partial charge in [0.05, 0.1) is 6.26 Å². The van der Waals surface area contributed by atoms with Crippen LogP contribution in [0.1, 0.15) is 35.4 Å². The molecule has 1 fully saturated rings. The third kappa shape index (κ3) is 3.03. The second kappa shape index (κ2) is 6.05. The molecule has 1 aromatic carbocycles. The first-order valence-corrected chi connectivity index (χ1v) is 7.41. The molecule has 0 radical (unpaired) electrons. The molecular weight excluding hydrogens is 280 g/mol. The molecule has 1 heterocycles. The number of carbonyl (C=O) groups is 2. The fourth-order valence-corrected chi connectivity index (χ4v) is 2.50. The van der Waals surface area contributed by atoms with E-state index in [4.69, 9.17) is 4.42 Å². The van der Waals surface area contributed by atoms with E-state index in [1.54, 1.807) is 30.5 Å². The molecule has 0 aliphatic heterocycles. The van der Waals surface area contributed by atoms with Crippen molar-refractivity contribution in [1.82, 2.24) is 5.32 Å². The minimum atomic E-state index is -0.111. The van der Waals surface area contributed by atoms with Gasteiger partial charge in [0.2, 0.25) is 5.91 Å². The third-order valence-corrected chi connectivity index (χ3v) is 3.79. The van der Waals surface area contributed by atoms with E-state index >= 15 is 0 Å². The normalized spacial score (nSPS) is 19.5. The molecule has 1 aromatic heterocycles. The minimum absolute atomic E-state index is 0.00726. The number of hydrogen-bond donors (Lipinski definition) is 2. The Kier molecular flexibility index (Phi) is 3.96. The number of benzene rings is 1. The van der Waals surface area contributed by atoms with E-state index in [1.807, 2.05) is 19.1 Å². The van der Waals surface area contributed by atoms with Gasteiger partial charge < -0.3 is 15.1 Å². The van der Waals surface area contributed by atoms with Gasteiger partial charge in [0.25, 0.3) is 5.91 Å². The van der Waals surface area contributed by atoms with Crippen molar-refractivity contribution in [3.8, 4) is 0 Å². The van der Waals surface area contributed by atoms with Crippen LogP contribution in [0, 0.1) is 5.92 Å². The number of furan rings is 1. The summed E-state index contributed by atoms with van der Waals surface area (Å²) >= 11 is 0. The molecule has 2 N–H and O–H groups in total. The Bertz CT molecular complexity index is 662. The second-order valence-corrected chi connectivity index (χ2v) is 5.39. The highest BCUT2D eigenvalue weighted by molar-refractivity contribution is 5.97. The summed E-state index contributed by atoms with van der Waals surface area (Å²) in [6.07, 6.45) is 2.44. The zero-order valence-corrected chi connectivity index (χ0v) is 12.3. The average molecular weight is 298 g/mol. The maximum Gasteiger partial charge on any atom is 0.251 e. The summed E-state index contributed by atoms with van der Waals surface area (Å²) < 4.78 is 5.33. The predicted octanol–water partition coefficient (Wildman–Crippen LogP) is 2.77. The molecule has 1 saturated carbocycles. The molecule has 114 valence electrons. The van der Waals surface area contributed by atoms with Gasteiger partial charge in [-0.25, -0.2) is 0 Å². The molecule has 1 aliphatic carbocycles. The molecule has 5 nitrogen and oxygen atoms in total. The number of carbonyl (C=O) groups excluding carboxylic acids is 2. The number of rotatable bonds is 5. The molecule has 2 unspecified atom stereocenters. The zero-order chi connectivity index (χ0) is 15.5. The van der Waals surface area contributed by atoms with Gasteiger partial charge in [-0.05, 0) is 49.7 Å². The van der Waals surface area contributed by atoms with E-state index in [2.05, 4.69) is 10.6 Å². The van der Waals surface area contributed by atoms with Crippen LogP contribution in [0.15, 0.2) is 47.1 Å². The summed E-state index contributed by atoms with van der Waals surface area (Å²) in [4.78, 5) is 23.8. The Balaban J connectivity index is 1.57. The lowest BCUT2D eigenvalue weighted by Crippen LogP contribution is -2.22. The molecule has 0 saturated heterocycles. The van der Waals surface area contributed by atoms with Crippen LogP contribution in [0.4, 0.5) is 5.69 Å². The molecule has 0 spiro atoms. The van der Waals surface area contributed by atoms with Crippen LogP contribution in [0.2, 0.25) is 0 Å². The van der Waals surface area contributed by atoms with Crippen molar-refractivity contribution in [3.05, 3.63) is 54.0 Å². The van der Waals surface area contributed by atoms with Crippen molar-refractivity contribution >= 4 is 17.5 Å². The minimum Gasteiger partial charge on any atom is -0.469 e. The van der Waals surface area contributed by atoms with Gasteiger partial charge in [0.1, 0.15) is 5.76 Å². The van der Waals surface area contributed by atoms with Gasteiger partial charge in [0.15, 0.2) is 0 Å². The average Bonchev–Trinajstić information content (AvgIpc) is 3.14. The van der Waals surface area contributed by atoms with Crippen LogP contribution >= 0.6 is 0 Å². The second-order valence-electron chi connectivity index (χ2n) is 5.39. The molecule has 0 bridgehead atoms. The van der Waals surface area contributed by atoms with E-state index in [9.17, 15) is 9.59 Å². The summed E-state index contributed by atoms with van der Waals surface area (Å²) in [5.74, 6) is 0.901. The Labute approximate surface area is 128 Å². The summed E-state index contributed by atoms with van der Waals surface area (Å²) in [6, 6.07) is 10.6. The molecule has 2 aromatic rings.